The van der Waals surface area contributed by atoms with Gasteiger partial charge in [0, 0.05) is 31.6 Å². The Bertz CT molecular complexity index is 463. The number of carbonyl (C=O) groups excluding carboxylic acids is 1. The van der Waals surface area contributed by atoms with Crippen molar-refractivity contribution in [2.75, 3.05) is 19.6 Å². The van der Waals surface area contributed by atoms with E-state index in [0.717, 1.165) is 38.2 Å². The van der Waals surface area contributed by atoms with Crippen molar-refractivity contribution in [3.05, 3.63) is 35.9 Å². The molecule has 20 heavy (non-hydrogen) atoms. The van der Waals surface area contributed by atoms with Crippen molar-refractivity contribution in [3.63, 3.8) is 0 Å². The lowest BCUT2D eigenvalue weighted by molar-refractivity contribution is -0.129. The molecule has 0 aromatic heterocycles. The van der Waals surface area contributed by atoms with Crippen LogP contribution in [-0.2, 0) is 4.79 Å². The lowest BCUT2D eigenvalue weighted by Gasteiger charge is -2.25. The molecule has 0 aliphatic carbocycles. The van der Waals surface area contributed by atoms with Gasteiger partial charge in [0.1, 0.15) is 0 Å². The zero-order valence-corrected chi connectivity index (χ0v) is 11.7. The maximum Gasteiger partial charge on any atom is 0.273 e. The van der Waals surface area contributed by atoms with E-state index in [9.17, 15) is 9.90 Å². The van der Waals surface area contributed by atoms with Crippen molar-refractivity contribution >= 4 is 11.6 Å². The highest BCUT2D eigenvalue weighted by molar-refractivity contribution is 5.88. The molecule has 1 fully saturated rings. The first-order valence-electron chi connectivity index (χ1n) is 7.01. The molecule has 0 radical (unpaired) electrons. The predicted octanol–water partition coefficient (Wildman–Crippen LogP) is 1.31. The van der Waals surface area contributed by atoms with Crippen LogP contribution in [0.5, 0.6) is 0 Å². The highest BCUT2D eigenvalue weighted by Gasteiger charge is 2.18. The molecule has 1 aromatic rings. The molecule has 5 heteroatoms. The number of hydrogen-bond acceptors (Lipinski definition) is 4. The molecule has 0 saturated carbocycles. The van der Waals surface area contributed by atoms with Gasteiger partial charge in [0.05, 0.1) is 0 Å². The number of amides is 1. The second-order valence-corrected chi connectivity index (χ2v) is 4.90. The molecule has 1 aliphatic heterocycles. The van der Waals surface area contributed by atoms with E-state index in [1.54, 1.807) is 24.3 Å². The van der Waals surface area contributed by atoms with Gasteiger partial charge in [-0.25, -0.2) is 5.43 Å². The Labute approximate surface area is 119 Å². The van der Waals surface area contributed by atoms with Gasteiger partial charge in [-0.1, -0.05) is 37.3 Å². The van der Waals surface area contributed by atoms with E-state index < -0.39 is 12.0 Å². The number of nitrogens with one attached hydrogen (secondary N) is 1. The van der Waals surface area contributed by atoms with Gasteiger partial charge in [0.15, 0.2) is 6.10 Å². The summed E-state index contributed by atoms with van der Waals surface area (Å²) in [5.41, 5.74) is 4.03. The van der Waals surface area contributed by atoms with Crippen LogP contribution in [0.2, 0.25) is 0 Å². The normalized spacial score (nSPS) is 17.6. The molecular formula is C15H21N3O2. The van der Waals surface area contributed by atoms with E-state index in [1.807, 2.05) is 6.07 Å². The van der Waals surface area contributed by atoms with Gasteiger partial charge in [-0.15, -0.1) is 0 Å². The lowest BCUT2D eigenvalue weighted by Crippen LogP contribution is -2.35. The molecule has 5 nitrogen and oxygen atoms in total. The summed E-state index contributed by atoms with van der Waals surface area (Å²) in [5.74, 6) is -0.485. The van der Waals surface area contributed by atoms with Gasteiger partial charge in [-0.05, 0) is 12.1 Å². The molecule has 108 valence electrons. The summed E-state index contributed by atoms with van der Waals surface area (Å²) in [6, 6.07) is 8.86. The van der Waals surface area contributed by atoms with E-state index in [0.29, 0.717) is 5.56 Å². The highest BCUT2D eigenvalue weighted by Crippen LogP contribution is 2.12. The van der Waals surface area contributed by atoms with E-state index in [1.165, 1.54) is 0 Å². The molecule has 1 amide bonds. The molecule has 1 unspecified atom stereocenters. The fraction of sp³-hybridized carbons (Fsp3) is 0.467. The smallest absolute Gasteiger partial charge is 0.273 e. The standard InChI is InChI=1S/C15H21N3O2/c1-2-18-10-8-13(9-11-18)16-17-15(20)14(19)12-6-4-3-5-7-12/h3-7,14,19H,2,8-11H2,1H3,(H,17,20). The lowest BCUT2D eigenvalue weighted by atomic mass is 10.1. The molecule has 2 rings (SSSR count). The van der Waals surface area contributed by atoms with Crippen LogP contribution < -0.4 is 5.43 Å². The van der Waals surface area contributed by atoms with Gasteiger partial charge < -0.3 is 10.0 Å². The maximum atomic E-state index is 11.8. The van der Waals surface area contributed by atoms with E-state index in [4.69, 9.17) is 0 Å². The van der Waals surface area contributed by atoms with Crippen molar-refractivity contribution in [1.29, 1.82) is 0 Å². The zero-order chi connectivity index (χ0) is 14.4. The zero-order valence-electron chi connectivity index (χ0n) is 11.7. The minimum atomic E-state index is -1.17. The number of rotatable bonds is 4. The topological polar surface area (TPSA) is 64.9 Å². The quantitative estimate of drug-likeness (QED) is 0.814. The molecule has 0 bridgehead atoms. The Kier molecular flexibility index (Phi) is 5.26. The number of benzene rings is 1. The Morgan fingerprint density at radius 3 is 2.60 bits per heavy atom. The first-order valence-corrected chi connectivity index (χ1v) is 7.01. The van der Waals surface area contributed by atoms with Gasteiger partial charge in [0.25, 0.3) is 5.91 Å². The fourth-order valence-corrected chi connectivity index (χ4v) is 2.22. The largest absolute Gasteiger partial charge is 0.378 e. The third-order valence-corrected chi connectivity index (χ3v) is 3.57. The van der Waals surface area contributed by atoms with Crippen LogP contribution in [0.1, 0.15) is 31.4 Å². The van der Waals surface area contributed by atoms with E-state index in [-0.39, 0.29) is 0 Å². The SMILES string of the molecule is CCN1CCC(=NNC(=O)C(O)c2ccccc2)CC1. The Balaban J connectivity index is 1.86. The number of aliphatic hydroxyl groups is 1. The van der Waals surface area contributed by atoms with Gasteiger partial charge in [-0.2, -0.15) is 5.10 Å². The number of hydrogen-bond donors (Lipinski definition) is 2. The second-order valence-electron chi connectivity index (χ2n) is 4.90. The number of likely N-dealkylation sites (tertiary alicyclic amines) is 1. The maximum absolute atomic E-state index is 11.8. The molecule has 1 aromatic carbocycles. The van der Waals surface area contributed by atoms with E-state index >= 15 is 0 Å². The Morgan fingerprint density at radius 1 is 1.35 bits per heavy atom. The van der Waals surface area contributed by atoms with Crippen LogP contribution in [0.25, 0.3) is 0 Å². The molecular weight excluding hydrogens is 254 g/mol. The van der Waals surface area contributed by atoms with Crippen LogP contribution >= 0.6 is 0 Å². The average molecular weight is 275 g/mol. The molecule has 0 spiro atoms. The number of nitrogens with zero attached hydrogens (tertiary/aromatic N) is 2. The number of carbonyl (C=O) groups is 1. The first kappa shape index (κ1) is 14.7. The van der Waals surface area contributed by atoms with Crippen molar-refractivity contribution < 1.29 is 9.90 Å². The van der Waals surface area contributed by atoms with Gasteiger partial charge in [-0.3, -0.25) is 4.79 Å². The molecule has 1 heterocycles. The Morgan fingerprint density at radius 2 is 2.00 bits per heavy atom. The minimum absolute atomic E-state index is 0.485. The van der Waals surface area contributed by atoms with Gasteiger partial charge in [0.2, 0.25) is 0 Å². The third-order valence-electron chi connectivity index (χ3n) is 3.57. The number of aliphatic hydroxyl groups excluding tert-OH is 1. The molecule has 2 N–H and O–H groups in total. The number of piperidine rings is 1. The predicted molar refractivity (Wildman–Crippen MR) is 78.3 cm³/mol. The molecule has 1 atom stereocenters. The summed E-state index contributed by atoms with van der Waals surface area (Å²) >= 11 is 0. The molecule has 1 saturated heterocycles. The van der Waals surface area contributed by atoms with Crippen LogP contribution in [0.3, 0.4) is 0 Å². The van der Waals surface area contributed by atoms with Crippen LogP contribution in [0, 0.1) is 0 Å². The van der Waals surface area contributed by atoms with Crippen molar-refractivity contribution in [3.8, 4) is 0 Å². The fourth-order valence-electron chi connectivity index (χ4n) is 2.22. The van der Waals surface area contributed by atoms with Crippen LogP contribution in [-0.4, -0.2) is 41.3 Å². The monoisotopic (exact) mass is 275 g/mol. The summed E-state index contributed by atoms with van der Waals surface area (Å²) < 4.78 is 0. The summed E-state index contributed by atoms with van der Waals surface area (Å²) in [4.78, 5) is 14.2. The third kappa shape index (κ3) is 3.88. The molecule has 1 aliphatic rings. The summed E-state index contributed by atoms with van der Waals surface area (Å²) in [7, 11) is 0. The highest BCUT2D eigenvalue weighted by atomic mass is 16.3. The van der Waals surface area contributed by atoms with Crippen molar-refractivity contribution in [1.82, 2.24) is 10.3 Å². The first-order chi connectivity index (χ1) is 9.70. The van der Waals surface area contributed by atoms with Gasteiger partial charge >= 0.3 is 0 Å². The van der Waals surface area contributed by atoms with Crippen LogP contribution in [0.4, 0.5) is 0 Å². The summed E-state index contributed by atoms with van der Waals surface area (Å²) in [5, 5.41) is 14.0. The summed E-state index contributed by atoms with van der Waals surface area (Å²) in [6.45, 7) is 5.14. The second kappa shape index (κ2) is 7.17. The number of hydrazone groups is 1. The van der Waals surface area contributed by atoms with Crippen LogP contribution in [0.15, 0.2) is 35.4 Å². The summed E-state index contributed by atoms with van der Waals surface area (Å²) in [6.07, 6.45) is 0.571. The Hall–Kier alpha value is -1.72. The minimum Gasteiger partial charge on any atom is -0.378 e. The average Bonchev–Trinajstić information content (AvgIpc) is 2.53. The van der Waals surface area contributed by atoms with Crippen molar-refractivity contribution in [2.45, 2.75) is 25.9 Å². The van der Waals surface area contributed by atoms with E-state index in [2.05, 4.69) is 22.4 Å². The van der Waals surface area contributed by atoms with Crippen molar-refractivity contribution in [2.24, 2.45) is 5.10 Å².